The topological polar surface area (TPSA) is 103 Å². The van der Waals surface area contributed by atoms with Crippen molar-refractivity contribution in [3.63, 3.8) is 0 Å². The van der Waals surface area contributed by atoms with Crippen LogP contribution in [0, 0.1) is 0 Å². The van der Waals surface area contributed by atoms with E-state index in [4.69, 9.17) is 34.8 Å². The van der Waals surface area contributed by atoms with Gasteiger partial charge in [-0.25, -0.2) is 19.6 Å². The molecule has 0 saturated carbocycles. The summed E-state index contributed by atoms with van der Waals surface area (Å²) >= 11 is 17.9. The van der Waals surface area contributed by atoms with Crippen molar-refractivity contribution in [1.82, 2.24) is 34.3 Å². The molecular weight excluding hydrogens is 415 g/mol. The molecule has 0 unspecified atom stereocenters. The van der Waals surface area contributed by atoms with E-state index in [2.05, 4.69) is 30.4 Å². The molecule has 1 N–H and O–H groups in total. The van der Waals surface area contributed by atoms with Crippen LogP contribution in [0.1, 0.15) is 0 Å². The molecule has 1 amide bonds. The molecular formula is C15H9Cl3N8O. The van der Waals surface area contributed by atoms with Crippen molar-refractivity contribution in [3.05, 3.63) is 52.6 Å². The maximum atomic E-state index is 12.6. The molecule has 0 radical (unpaired) electrons. The number of amides is 1. The Labute approximate surface area is 166 Å². The third kappa shape index (κ3) is 3.57. The minimum absolute atomic E-state index is 0.0297. The highest BCUT2D eigenvalue weighted by Crippen LogP contribution is 2.24. The van der Waals surface area contributed by atoms with E-state index in [1.807, 2.05) is 0 Å². The lowest BCUT2D eigenvalue weighted by Gasteiger charge is -2.12. The second-order valence-electron chi connectivity index (χ2n) is 5.38. The van der Waals surface area contributed by atoms with Gasteiger partial charge in [0.2, 0.25) is 11.2 Å². The molecule has 0 aliphatic carbocycles. The first kappa shape index (κ1) is 17.7. The zero-order chi connectivity index (χ0) is 19.0. The summed E-state index contributed by atoms with van der Waals surface area (Å²) in [4.78, 5) is 28.5. The van der Waals surface area contributed by atoms with Crippen molar-refractivity contribution in [1.29, 1.82) is 0 Å². The van der Waals surface area contributed by atoms with Crippen molar-refractivity contribution < 1.29 is 4.79 Å². The zero-order valence-electron chi connectivity index (χ0n) is 13.3. The van der Waals surface area contributed by atoms with Crippen LogP contribution in [0.4, 0.5) is 5.69 Å². The molecule has 0 aliphatic heterocycles. The third-order valence-corrected chi connectivity index (χ3v) is 4.27. The van der Waals surface area contributed by atoms with Gasteiger partial charge in [0, 0.05) is 5.02 Å². The van der Waals surface area contributed by atoms with Crippen molar-refractivity contribution in [2.75, 3.05) is 5.32 Å². The Morgan fingerprint density at radius 3 is 2.78 bits per heavy atom. The zero-order valence-corrected chi connectivity index (χ0v) is 15.6. The molecule has 4 rings (SSSR count). The maximum Gasteiger partial charge on any atom is 0.244 e. The van der Waals surface area contributed by atoms with Gasteiger partial charge >= 0.3 is 0 Å². The van der Waals surface area contributed by atoms with Crippen molar-refractivity contribution in [2.24, 2.45) is 0 Å². The Bertz CT molecular complexity index is 1140. The lowest BCUT2D eigenvalue weighted by Crippen LogP contribution is -2.19. The minimum Gasteiger partial charge on any atom is -0.323 e. The van der Waals surface area contributed by atoms with Gasteiger partial charge in [0.1, 0.15) is 24.7 Å². The maximum absolute atomic E-state index is 12.6. The number of carbonyl (C=O) groups excluding carboxylic acids is 1. The van der Waals surface area contributed by atoms with Gasteiger partial charge in [-0.15, -0.1) is 0 Å². The van der Waals surface area contributed by atoms with Crippen LogP contribution in [0.2, 0.25) is 15.5 Å². The average molecular weight is 424 g/mol. The Balaban J connectivity index is 1.62. The number of rotatable bonds is 4. The van der Waals surface area contributed by atoms with Crippen LogP contribution >= 0.6 is 34.8 Å². The van der Waals surface area contributed by atoms with Gasteiger partial charge in [-0.3, -0.25) is 4.79 Å². The Kier molecular flexibility index (Phi) is 4.65. The van der Waals surface area contributed by atoms with E-state index in [-0.39, 0.29) is 22.9 Å². The summed E-state index contributed by atoms with van der Waals surface area (Å²) in [5.74, 6) is -0.330. The van der Waals surface area contributed by atoms with Crippen LogP contribution in [-0.4, -0.2) is 40.2 Å². The minimum atomic E-state index is -0.330. The molecule has 0 atom stereocenters. The highest BCUT2D eigenvalue weighted by atomic mass is 35.5. The van der Waals surface area contributed by atoms with Crippen LogP contribution in [0.15, 0.2) is 37.2 Å². The van der Waals surface area contributed by atoms with Crippen LogP contribution in [-0.2, 0) is 11.3 Å². The standard InChI is InChI=1S/C15H9Cl3N8O/c16-8-1-2-10(26-6-19-5-21-26)9(3-8)22-11(27)4-25-7-20-12-13(17)23-15(18)24-14(12)25/h1-3,5-7H,4H2,(H,22,27). The Morgan fingerprint density at radius 1 is 1.15 bits per heavy atom. The fourth-order valence-electron chi connectivity index (χ4n) is 2.49. The van der Waals surface area contributed by atoms with Crippen LogP contribution in [0.5, 0.6) is 0 Å². The predicted molar refractivity (Wildman–Crippen MR) is 100 cm³/mol. The number of carbonyl (C=O) groups is 1. The van der Waals surface area contributed by atoms with Gasteiger partial charge in [-0.2, -0.15) is 10.1 Å². The molecule has 3 heterocycles. The summed E-state index contributed by atoms with van der Waals surface area (Å²) in [6.07, 6.45) is 4.35. The number of nitrogens with zero attached hydrogens (tertiary/aromatic N) is 7. The highest BCUT2D eigenvalue weighted by Gasteiger charge is 2.15. The average Bonchev–Trinajstić information content (AvgIpc) is 3.26. The molecule has 9 nitrogen and oxygen atoms in total. The summed E-state index contributed by atoms with van der Waals surface area (Å²) < 4.78 is 3.04. The quantitative estimate of drug-likeness (QED) is 0.400. The normalized spacial score (nSPS) is 11.1. The molecule has 0 aliphatic rings. The van der Waals surface area contributed by atoms with Crippen LogP contribution < -0.4 is 5.32 Å². The summed E-state index contributed by atoms with van der Waals surface area (Å²) in [7, 11) is 0. The first-order valence-electron chi connectivity index (χ1n) is 7.49. The molecule has 0 fully saturated rings. The van der Waals surface area contributed by atoms with Gasteiger partial charge in [0.15, 0.2) is 10.8 Å². The molecule has 1 aromatic carbocycles. The fraction of sp³-hybridized carbons (Fsp3) is 0.0667. The lowest BCUT2D eigenvalue weighted by molar-refractivity contribution is -0.116. The number of imidazole rings is 1. The smallest absolute Gasteiger partial charge is 0.244 e. The number of nitrogens with one attached hydrogen (secondary N) is 1. The third-order valence-electron chi connectivity index (χ3n) is 3.61. The second kappa shape index (κ2) is 7.10. The van der Waals surface area contributed by atoms with E-state index < -0.39 is 0 Å². The first-order chi connectivity index (χ1) is 13.0. The number of benzene rings is 1. The van der Waals surface area contributed by atoms with Crippen molar-refractivity contribution >= 4 is 57.6 Å². The number of hydrogen-bond donors (Lipinski definition) is 1. The van der Waals surface area contributed by atoms with Crippen LogP contribution in [0.3, 0.4) is 0 Å². The van der Waals surface area contributed by atoms with Gasteiger partial charge in [-0.1, -0.05) is 23.2 Å². The fourth-order valence-corrected chi connectivity index (χ4v) is 3.08. The Hall–Kier alpha value is -2.75. The van der Waals surface area contributed by atoms with E-state index in [1.165, 1.54) is 28.2 Å². The number of anilines is 1. The van der Waals surface area contributed by atoms with E-state index in [0.29, 0.717) is 27.6 Å². The van der Waals surface area contributed by atoms with Crippen molar-refractivity contribution in [3.8, 4) is 5.69 Å². The molecule has 0 spiro atoms. The monoisotopic (exact) mass is 422 g/mol. The largest absolute Gasteiger partial charge is 0.323 e. The molecule has 136 valence electrons. The van der Waals surface area contributed by atoms with Gasteiger partial charge in [0.25, 0.3) is 0 Å². The van der Waals surface area contributed by atoms with Crippen LogP contribution in [0.25, 0.3) is 16.9 Å². The van der Waals surface area contributed by atoms with E-state index >= 15 is 0 Å². The van der Waals surface area contributed by atoms with Gasteiger partial charge in [-0.05, 0) is 29.8 Å². The summed E-state index contributed by atoms with van der Waals surface area (Å²) in [6, 6.07) is 5.04. The Morgan fingerprint density at radius 2 is 2.00 bits per heavy atom. The van der Waals surface area contributed by atoms with E-state index in [1.54, 1.807) is 18.2 Å². The van der Waals surface area contributed by atoms with Gasteiger partial charge < -0.3 is 9.88 Å². The molecule has 3 aromatic heterocycles. The lowest BCUT2D eigenvalue weighted by atomic mass is 10.2. The first-order valence-corrected chi connectivity index (χ1v) is 8.63. The number of aromatic nitrogens is 7. The molecule has 4 aromatic rings. The molecule has 0 bridgehead atoms. The summed E-state index contributed by atoms with van der Waals surface area (Å²) in [5, 5.41) is 7.43. The number of hydrogen-bond acceptors (Lipinski definition) is 6. The number of fused-ring (bicyclic) bond motifs is 1. The van der Waals surface area contributed by atoms with Gasteiger partial charge in [0.05, 0.1) is 17.7 Å². The predicted octanol–water partition coefficient (Wildman–Crippen LogP) is 3.01. The van der Waals surface area contributed by atoms with Crippen molar-refractivity contribution in [2.45, 2.75) is 6.54 Å². The SMILES string of the molecule is O=C(Cn1cnc2c(Cl)nc(Cl)nc21)Nc1cc(Cl)ccc1-n1cncn1. The number of halogens is 3. The highest BCUT2D eigenvalue weighted by molar-refractivity contribution is 6.35. The summed E-state index contributed by atoms with van der Waals surface area (Å²) in [5.41, 5.74) is 1.82. The molecule has 0 saturated heterocycles. The summed E-state index contributed by atoms with van der Waals surface area (Å²) in [6.45, 7) is -0.0660. The molecule has 27 heavy (non-hydrogen) atoms. The molecule has 12 heteroatoms. The second-order valence-corrected chi connectivity index (χ2v) is 6.51. The van der Waals surface area contributed by atoms with E-state index in [0.717, 1.165) is 0 Å². The van der Waals surface area contributed by atoms with E-state index in [9.17, 15) is 4.79 Å².